The molecule has 0 heterocycles. The number of amides is 2. The summed E-state index contributed by atoms with van der Waals surface area (Å²) in [7, 11) is 0. The summed E-state index contributed by atoms with van der Waals surface area (Å²) in [6.45, 7) is 1.76. The van der Waals surface area contributed by atoms with E-state index in [0.29, 0.717) is 12.1 Å². The Morgan fingerprint density at radius 1 is 1.44 bits per heavy atom. The van der Waals surface area contributed by atoms with E-state index in [2.05, 4.69) is 10.6 Å². The van der Waals surface area contributed by atoms with Gasteiger partial charge in [-0.1, -0.05) is 6.92 Å². The van der Waals surface area contributed by atoms with Gasteiger partial charge in [-0.05, 0) is 30.7 Å². The lowest BCUT2D eigenvalue weighted by Crippen LogP contribution is -2.39. The fourth-order valence-electron chi connectivity index (χ4n) is 1.16. The minimum absolute atomic E-state index is 0.104. The maximum absolute atomic E-state index is 12.6. The first-order valence-corrected chi connectivity index (χ1v) is 5.09. The van der Waals surface area contributed by atoms with Crippen LogP contribution in [0.4, 0.5) is 14.9 Å². The molecule has 0 aliphatic heterocycles. The largest absolute Gasteiger partial charge is 0.394 e. The number of carbonyl (C=O) groups excluding carboxylic acids is 1. The van der Waals surface area contributed by atoms with Crippen molar-refractivity contribution in [1.29, 1.82) is 0 Å². The van der Waals surface area contributed by atoms with E-state index in [0.717, 1.165) is 0 Å². The quantitative estimate of drug-likeness (QED) is 0.732. The van der Waals surface area contributed by atoms with Crippen molar-refractivity contribution in [3.63, 3.8) is 0 Å². The zero-order valence-corrected chi connectivity index (χ0v) is 9.03. The normalized spacial score (nSPS) is 11.9. The van der Waals surface area contributed by atoms with E-state index >= 15 is 0 Å². The lowest BCUT2D eigenvalue weighted by atomic mass is 10.2. The van der Waals surface area contributed by atoms with Crippen molar-refractivity contribution in [3.8, 4) is 0 Å². The molecule has 0 aromatic heterocycles. The first-order chi connectivity index (χ1) is 7.65. The van der Waals surface area contributed by atoms with Crippen LogP contribution in [0.2, 0.25) is 0 Å². The van der Waals surface area contributed by atoms with Crippen LogP contribution >= 0.6 is 0 Å². The third-order valence-corrected chi connectivity index (χ3v) is 2.15. The van der Waals surface area contributed by atoms with Crippen LogP contribution in [-0.4, -0.2) is 23.8 Å². The monoisotopic (exact) mass is 226 g/mol. The summed E-state index contributed by atoms with van der Waals surface area (Å²) in [4.78, 5) is 11.4. The van der Waals surface area contributed by atoms with E-state index in [4.69, 9.17) is 5.11 Å². The zero-order valence-electron chi connectivity index (χ0n) is 9.03. The smallest absolute Gasteiger partial charge is 0.319 e. The third-order valence-electron chi connectivity index (χ3n) is 2.15. The Morgan fingerprint density at radius 2 is 2.06 bits per heavy atom. The van der Waals surface area contributed by atoms with Crippen LogP contribution in [0.3, 0.4) is 0 Å². The SMILES string of the molecule is CC[C@@H](CO)NC(=O)Nc1ccc(F)cc1. The molecule has 2 amide bonds. The zero-order chi connectivity index (χ0) is 12.0. The number of rotatable bonds is 4. The standard InChI is InChI=1S/C11H15FN2O2/c1-2-9(7-15)13-11(16)14-10-5-3-8(12)4-6-10/h3-6,9,15H,2,7H2,1H3,(H2,13,14,16)/t9-/m0/s1. The average molecular weight is 226 g/mol. The molecule has 5 heteroatoms. The third kappa shape index (κ3) is 3.86. The first-order valence-electron chi connectivity index (χ1n) is 5.09. The molecule has 1 rings (SSSR count). The van der Waals surface area contributed by atoms with Crippen LogP contribution in [0.15, 0.2) is 24.3 Å². The summed E-state index contributed by atoms with van der Waals surface area (Å²) < 4.78 is 12.6. The fraction of sp³-hybridized carbons (Fsp3) is 0.364. The van der Waals surface area contributed by atoms with E-state index in [1.165, 1.54) is 24.3 Å². The molecule has 0 aliphatic carbocycles. The summed E-state index contributed by atoms with van der Waals surface area (Å²) in [5.74, 6) is -0.354. The highest BCUT2D eigenvalue weighted by Crippen LogP contribution is 2.07. The summed E-state index contributed by atoms with van der Waals surface area (Å²) in [5, 5.41) is 14.0. The second-order valence-corrected chi connectivity index (χ2v) is 3.39. The molecule has 1 aromatic rings. The van der Waals surface area contributed by atoms with Gasteiger partial charge >= 0.3 is 6.03 Å². The number of benzene rings is 1. The van der Waals surface area contributed by atoms with Crippen molar-refractivity contribution in [2.45, 2.75) is 19.4 Å². The van der Waals surface area contributed by atoms with Gasteiger partial charge in [0, 0.05) is 5.69 Å². The molecule has 0 saturated carbocycles. The van der Waals surface area contributed by atoms with E-state index in [9.17, 15) is 9.18 Å². The summed E-state index contributed by atoms with van der Waals surface area (Å²) in [5.41, 5.74) is 0.506. The number of nitrogens with one attached hydrogen (secondary N) is 2. The molecule has 4 nitrogen and oxygen atoms in total. The number of aliphatic hydroxyl groups excluding tert-OH is 1. The van der Waals surface area contributed by atoms with Crippen molar-refractivity contribution in [2.24, 2.45) is 0 Å². The van der Waals surface area contributed by atoms with E-state index in [1.54, 1.807) is 0 Å². The second-order valence-electron chi connectivity index (χ2n) is 3.39. The number of aliphatic hydroxyl groups is 1. The van der Waals surface area contributed by atoms with Crippen LogP contribution in [-0.2, 0) is 0 Å². The Kier molecular flexibility index (Phi) is 4.72. The Hall–Kier alpha value is -1.62. The lowest BCUT2D eigenvalue weighted by Gasteiger charge is -2.14. The van der Waals surface area contributed by atoms with E-state index in [-0.39, 0.29) is 18.5 Å². The molecule has 0 spiro atoms. The van der Waals surface area contributed by atoms with Gasteiger partial charge in [-0.25, -0.2) is 9.18 Å². The second kappa shape index (κ2) is 6.07. The molecule has 0 unspecified atom stereocenters. The molecule has 1 atom stereocenters. The van der Waals surface area contributed by atoms with Gasteiger partial charge in [0.15, 0.2) is 0 Å². The van der Waals surface area contributed by atoms with Gasteiger partial charge in [0.05, 0.1) is 12.6 Å². The Morgan fingerprint density at radius 3 is 2.56 bits per heavy atom. The van der Waals surface area contributed by atoms with Crippen molar-refractivity contribution < 1.29 is 14.3 Å². The van der Waals surface area contributed by atoms with Gasteiger partial charge in [-0.15, -0.1) is 0 Å². The predicted molar refractivity (Wildman–Crippen MR) is 59.7 cm³/mol. The molecule has 3 N–H and O–H groups in total. The first kappa shape index (κ1) is 12.4. The highest BCUT2D eigenvalue weighted by Gasteiger charge is 2.08. The number of anilines is 1. The van der Waals surface area contributed by atoms with Gasteiger partial charge in [-0.3, -0.25) is 0 Å². The van der Waals surface area contributed by atoms with Gasteiger partial charge < -0.3 is 15.7 Å². The number of hydrogen-bond donors (Lipinski definition) is 3. The highest BCUT2D eigenvalue weighted by atomic mass is 19.1. The van der Waals surface area contributed by atoms with Gasteiger partial charge in [0.2, 0.25) is 0 Å². The highest BCUT2D eigenvalue weighted by molar-refractivity contribution is 5.89. The van der Waals surface area contributed by atoms with Crippen molar-refractivity contribution in [3.05, 3.63) is 30.1 Å². The van der Waals surface area contributed by atoms with Gasteiger partial charge in [-0.2, -0.15) is 0 Å². The van der Waals surface area contributed by atoms with Gasteiger partial charge in [0.25, 0.3) is 0 Å². The maximum Gasteiger partial charge on any atom is 0.319 e. The molecule has 0 radical (unpaired) electrons. The van der Waals surface area contributed by atoms with Crippen LogP contribution in [0.25, 0.3) is 0 Å². The molecule has 0 bridgehead atoms. The Bertz CT molecular complexity index is 336. The molecule has 0 aliphatic rings. The molecule has 16 heavy (non-hydrogen) atoms. The van der Waals surface area contributed by atoms with Gasteiger partial charge in [0.1, 0.15) is 5.82 Å². The van der Waals surface area contributed by atoms with Crippen molar-refractivity contribution >= 4 is 11.7 Å². The lowest BCUT2D eigenvalue weighted by molar-refractivity contribution is 0.222. The molecular formula is C11H15FN2O2. The maximum atomic E-state index is 12.6. The van der Waals surface area contributed by atoms with Crippen LogP contribution in [0.1, 0.15) is 13.3 Å². The number of carbonyl (C=O) groups is 1. The van der Waals surface area contributed by atoms with Crippen LogP contribution in [0, 0.1) is 5.82 Å². The molecular weight excluding hydrogens is 211 g/mol. The van der Waals surface area contributed by atoms with Crippen molar-refractivity contribution in [1.82, 2.24) is 5.32 Å². The summed E-state index contributed by atoms with van der Waals surface area (Å²) in [6, 6.07) is 4.79. The topological polar surface area (TPSA) is 61.4 Å². The minimum atomic E-state index is -0.410. The molecule has 1 aromatic carbocycles. The number of halogens is 1. The molecule has 88 valence electrons. The number of hydrogen-bond acceptors (Lipinski definition) is 2. The number of urea groups is 1. The molecule has 0 fully saturated rings. The van der Waals surface area contributed by atoms with Crippen LogP contribution < -0.4 is 10.6 Å². The predicted octanol–water partition coefficient (Wildman–Crippen LogP) is 1.72. The molecule has 0 saturated heterocycles. The Labute approximate surface area is 93.5 Å². The minimum Gasteiger partial charge on any atom is -0.394 e. The van der Waals surface area contributed by atoms with E-state index < -0.39 is 6.03 Å². The van der Waals surface area contributed by atoms with Crippen LogP contribution in [0.5, 0.6) is 0 Å². The average Bonchev–Trinajstić information content (AvgIpc) is 2.29. The summed E-state index contributed by atoms with van der Waals surface area (Å²) in [6.07, 6.45) is 0.646. The van der Waals surface area contributed by atoms with Crippen molar-refractivity contribution in [2.75, 3.05) is 11.9 Å². The summed E-state index contributed by atoms with van der Waals surface area (Å²) >= 11 is 0. The fourth-order valence-corrected chi connectivity index (χ4v) is 1.16. The Balaban J connectivity index is 2.48. The van der Waals surface area contributed by atoms with E-state index in [1.807, 2.05) is 6.92 Å².